The van der Waals surface area contributed by atoms with Gasteiger partial charge in [0.05, 0.1) is 18.3 Å². The average molecular weight is 254 g/mol. The van der Waals surface area contributed by atoms with Gasteiger partial charge in [-0.2, -0.15) is 0 Å². The van der Waals surface area contributed by atoms with Gasteiger partial charge in [0.15, 0.2) is 0 Å². The molecule has 0 aromatic rings. The lowest BCUT2D eigenvalue weighted by molar-refractivity contribution is -0.121. The lowest BCUT2D eigenvalue weighted by Crippen LogP contribution is -2.49. The number of hydrogen-bond donors (Lipinski definition) is 3. The van der Waals surface area contributed by atoms with Gasteiger partial charge in [-0.25, -0.2) is 0 Å². The molecule has 0 bridgehead atoms. The smallest absolute Gasteiger partial charge is 0.0961 e. The summed E-state index contributed by atoms with van der Waals surface area (Å²) in [5.74, 6) is 0.162. The highest BCUT2D eigenvalue weighted by Gasteiger charge is 2.60. The second-order valence-electron chi connectivity index (χ2n) is 6.73. The predicted molar refractivity (Wildman–Crippen MR) is 71.0 cm³/mol. The highest BCUT2D eigenvalue weighted by molar-refractivity contribution is 5.17. The topological polar surface area (TPSA) is 60.7 Å². The molecule has 0 amide bonds. The van der Waals surface area contributed by atoms with Gasteiger partial charge in [-0.3, -0.25) is 0 Å². The fourth-order valence-corrected chi connectivity index (χ4v) is 4.08. The number of rotatable bonds is 2. The van der Waals surface area contributed by atoms with Crippen LogP contribution in [0, 0.1) is 17.3 Å². The van der Waals surface area contributed by atoms with Crippen molar-refractivity contribution in [1.29, 1.82) is 0 Å². The summed E-state index contributed by atoms with van der Waals surface area (Å²) in [4.78, 5) is 0. The molecule has 1 fully saturated rings. The molecule has 3 nitrogen and oxygen atoms in total. The zero-order valence-corrected chi connectivity index (χ0v) is 11.7. The van der Waals surface area contributed by atoms with Crippen LogP contribution in [-0.2, 0) is 0 Å². The normalized spacial score (nSPS) is 44.7. The van der Waals surface area contributed by atoms with E-state index in [1.165, 1.54) is 0 Å². The highest BCUT2D eigenvalue weighted by Crippen LogP contribution is 2.57. The van der Waals surface area contributed by atoms with Crippen LogP contribution in [0.15, 0.2) is 11.6 Å². The van der Waals surface area contributed by atoms with Gasteiger partial charge in [0.2, 0.25) is 0 Å². The third-order valence-corrected chi connectivity index (χ3v) is 5.33. The van der Waals surface area contributed by atoms with Gasteiger partial charge in [-0.15, -0.1) is 0 Å². The Morgan fingerprint density at radius 2 is 2.11 bits per heavy atom. The molecule has 18 heavy (non-hydrogen) atoms. The molecule has 0 saturated heterocycles. The van der Waals surface area contributed by atoms with Gasteiger partial charge in [-0.05, 0) is 48.5 Å². The van der Waals surface area contributed by atoms with Crippen molar-refractivity contribution in [2.75, 3.05) is 6.61 Å². The van der Waals surface area contributed by atoms with E-state index in [-0.39, 0.29) is 23.9 Å². The first-order valence-corrected chi connectivity index (χ1v) is 7.04. The summed E-state index contributed by atoms with van der Waals surface area (Å²) in [6, 6.07) is 0. The Balaban J connectivity index is 2.32. The van der Waals surface area contributed by atoms with E-state index in [0.29, 0.717) is 6.42 Å². The van der Waals surface area contributed by atoms with Crippen molar-refractivity contribution in [2.45, 2.75) is 58.2 Å². The maximum atomic E-state index is 10.9. The minimum absolute atomic E-state index is 0.0463. The zero-order valence-electron chi connectivity index (χ0n) is 11.7. The summed E-state index contributed by atoms with van der Waals surface area (Å²) in [5, 5.41) is 30.5. The predicted octanol–water partition coefficient (Wildman–Crippen LogP) is 1.86. The molecule has 0 heterocycles. The molecule has 0 aliphatic heterocycles. The van der Waals surface area contributed by atoms with Crippen LogP contribution >= 0.6 is 0 Å². The third-order valence-electron chi connectivity index (χ3n) is 5.33. The second-order valence-corrected chi connectivity index (χ2v) is 6.73. The van der Waals surface area contributed by atoms with E-state index >= 15 is 0 Å². The molecule has 4 atom stereocenters. The molecule has 3 heteroatoms. The van der Waals surface area contributed by atoms with Crippen molar-refractivity contribution < 1.29 is 15.3 Å². The molecule has 0 aromatic heterocycles. The van der Waals surface area contributed by atoms with Crippen LogP contribution in [0.3, 0.4) is 0 Å². The van der Waals surface area contributed by atoms with Gasteiger partial charge in [-0.1, -0.05) is 26.8 Å². The summed E-state index contributed by atoms with van der Waals surface area (Å²) in [5.41, 5.74) is 0.0503. The first-order chi connectivity index (χ1) is 8.34. The van der Waals surface area contributed by atoms with E-state index in [2.05, 4.69) is 13.0 Å². The molecular formula is C15H26O3. The Labute approximate surface area is 110 Å². The summed E-state index contributed by atoms with van der Waals surface area (Å²) < 4.78 is 0. The SMILES string of the molecule is CC(C)[C@@]1(O)[C@H](O)C[C@@]2(C)CC=C(CO)CC[C@@H]21. The number of aliphatic hydroxyl groups is 3. The Morgan fingerprint density at radius 3 is 2.67 bits per heavy atom. The first kappa shape index (κ1) is 14.0. The third kappa shape index (κ3) is 1.93. The van der Waals surface area contributed by atoms with Crippen LogP contribution in [0.4, 0.5) is 0 Å². The summed E-state index contributed by atoms with van der Waals surface area (Å²) in [6.07, 6.45) is 4.67. The monoisotopic (exact) mass is 254 g/mol. The van der Waals surface area contributed by atoms with Crippen molar-refractivity contribution in [2.24, 2.45) is 17.3 Å². The van der Waals surface area contributed by atoms with Crippen molar-refractivity contribution >= 4 is 0 Å². The molecule has 2 rings (SSSR count). The van der Waals surface area contributed by atoms with Crippen LogP contribution in [0.25, 0.3) is 0 Å². The maximum absolute atomic E-state index is 10.9. The summed E-state index contributed by atoms with van der Waals surface area (Å²) in [7, 11) is 0. The molecule has 0 unspecified atom stereocenters. The van der Waals surface area contributed by atoms with Crippen molar-refractivity contribution in [1.82, 2.24) is 0 Å². The zero-order chi connectivity index (χ0) is 13.6. The number of allylic oxidation sites excluding steroid dienone is 1. The number of aliphatic hydroxyl groups excluding tert-OH is 2. The van der Waals surface area contributed by atoms with Crippen LogP contribution in [0.5, 0.6) is 0 Å². The Kier molecular flexibility index (Phi) is 3.60. The molecule has 0 aromatic carbocycles. The molecule has 0 radical (unpaired) electrons. The van der Waals surface area contributed by atoms with E-state index in [1.807, 2.05) is 13.8 Å². The lowest BCUT2D eigenvalue weighted by atomic mass is 9.69. The van der Waals surface area contributed by atoms with Crippen LogP contribution in [0.1, 0.15) is 46.5 Å². The highest BCUT2D eigenvalue weighted by atomic mass is 16.3. The standard InChI is InChI=1S/C15H26O3/c1-10(2)15(18)12-5-4-11(9-16)6-7-14(12,3)8-13(15)17/h6,10,12-13,16-18H,4-5,7-9H2,1-3H3/t12-,13+,14+,15-/m0/s1. The van der Waals surface area contributed by atoms with Crippen molar-refractivity contribution in [3.05, 3.63) is 11.6 Å². The maximum Gasteiger partial charge on any atom is 0.0961 e. The largest absolute Gasteiger partial charge is 0.392 e. The van der Waals surface area contributed by atoms with E-state index in [9.17, 15) is 15.3 Å². The first-order valence-electron chi connectivity index (χ1n) is 7.04. The fourth-order valence-electron chi connectivity index (χ4n) is 4.08. The molecule has 3 N–H and O–H groups in total. The molecule has 1 saturated carbocycles. The van der Waals surface area contributed by atoms with Gasteiger partial charge >= 0.3 is 0 Å². The van der Waals surface area contributed by atoms with Crippen LogP contribution in [0.2, 0.25) is 0 Å². The molecular weight excluding hydrogens is 228 g/mol. The molecule has 2 aliphatic carbocycles. The summed E-state index contributed by atoms with van der Waals surface area (Å²) >= 11 is 0. The van der Waals surface area contributed by atoms with Gasteiger partial charge in [0.1, 0.15) is 0 Å². The number of fused-ring (bicyclic) bond motifs is 1. The van der Waals surface area contributed by atoms with Crippen molar-refractivity contribution in [3.63, 3.8) is 0 Å². The minimum atomic E-state index is -0.979. The minimum Gasteiger partial charge on any atom is -0.392 e. The van der Waals surface area contributed by atoms with Gasteiger partial charge < -0.3 is 15.3 Å². The van der Waals surface area contributed by atoms with E-state index in [4.69, 9.17) is 0 Å². The number of hydrogen-bond acceptors (Lipinski definition) is 3. The van der Waals surface area contributed by atoms with E-state index in [0.717, 1.165) is 24.8 Å². The molecule has 104 valence electrons. The average Bonchev–Trinajstić information content (AvgIpc) is 2.44. The Morgan fingerprint density at radius 1 is 1.44 bits per heavy atom. The van der Waals surface area contributed by atoms with Crippen LogP contribution in [-0.4, -0.2) is 33.6 Å². The fraction of sp³-hybridized carbons (Fsp3) is 0.867. The van der Waals surface area contributed by atoms with Gasteiger partial charge in [0, 0.05) is 0 Å². The second kappa shape index (κ2) is 4.62. The molecule has 2 aliphatic rings. The Hall–Kier alpha value is -0.380. The summed E-state index contributed by atoms with van der Waals surface area (Å²) in [6.45, 7) is 6.25. The molecule has 0 spiro atoms. The quantitative estimate of drug-likeness (QED) is 0.659. The Bertz CT molecular complexity index is 350. The lowest BCUT2D eigenvalue weighted by Gasteiger charge is -2.40. The van der Waals surface area contributed by atoms with Crippen molar-refractivity contribution in [3.8, 4) is 0 Å². The van der Waals surface area contributed by atoms with Gasteiger partial charge in [0.25, 0.3) is 0 Å². The van der Waals surface area contributed by atoms with E-state index < -0.39 is 11.7 Å². The van der Waals surface area contributed by atoms with Crippen LogP contribution < -0.4 is 0 Å². The van der Waals surface area contributed by atoms with E-state index in [1.54, 1.807) is 0 Å².